The van der Waals surface area contributed by atoms with E-state index >= 15 is 0 Å². The fourth-order valence-corrected chi connectivity index (χ4v) is 3.44. The fourth-order valence-electron chi connectivity index (χ4n) is 3.44. The molecular weight excluding hydrogens is 252 g/mol. The van der Waals surface area contributed by atoms with Crippen molar-refractivity contribution in [1.29, 1.82) is 0 Å². The Labute approximate surface area is 121 Å². The molecule has 1 aromatic carbocycles. The molecule has 3 aliphatic heterocycles. The average Bonchev–Trinajstić information content (AvgIpc) is 2.53. The predicted molar refractivity (Wildman–Crippen MR) is 79.3 cm³/mol. The van der Waals surface area contributed by atoms with Gasteiger partial charge in [-0.2, -0.15) is 0 Å². The minimum Gasteiger partial charge on any atom is -0.493 e. The van der Waals surface area contributed by atoms with Gasteiger partial charge in [-0.3, -0.25) is 0 Å². The van der Waals surface area contributed by atoms with Crippen LogP contribution in [0.5, 0.6) is 11.5 Å². The molecule has 20 heavy (non-hydrogen) atoms. The van der Waals surface area contributed by atoms with Gasteiger partial charge >= 0.3 is 0 Å². The lowest BCUT2D eigenvalue weighted by molar-refractivity contribution is 0.0720. The van der Waals surface area contributed by atoms with Gasteiger partial charge in [-0.1, -0.05) is 6.07 Å². The molecule has 1 unspecified atom stereocenters. The van der Waals surface area contributed by atoms with E-state index in [1.165, 1.54) is 38.0 Å². The third-order valence-electron chi connectivity index (χ3n) is 4.67. The lowest BCUT2D eigenvalue weighted by Gasteiger charge is -2.45. The lowest BCUT2D eigenvalue weighted by Crippen LogP contribution is -2.55. The Balaban J connectivity index is 1.61. The zero-order valence-electron chi connectivity index (χ0n) is 12.4. The summed E-state index contributed by atoms with van der Waals surface area (Å²) in [6.07, 6.45) is 2.70. The highest BCUT2D eigenvalue weighted by molar-refractivity contribution is 5.42. The minimum absolute atomic E-state index is 0.644. The fraction of sp³-hybridized carbons (Fsp3) is 0.625. The van der Waals surface area contributed by atoms with Gasteiger partial charge in [0.15, 0.2) is 11.5 Å². The smallest absolute Gasteiger partial charge is 0.161 e. The Hall–Kier alpha value is -1.26. The highest BCUT2D eigenvalue weighted by Crippen LogP contribution is 2.29. The van der Waals surface area contributed by atoms with Crippen molar-refractivity contribution in [1.82, 2.24) is 10.2 Å². The van der Waals surface area contributed by atoms with Crippen LogP contribution in [0.15, 0.2) is 18.2 Å². The number of ether oxygens (including phenoxy) is 2. The van der Waals surface area contributed by atoms with Crippen molar-refractivity contribution in [3.05, 3.63) is 23.8 Å². The number of methoxy groups -OCH3 is 2. The van der Waals surface area contributed by atoms with Crippen LogP contribution in [0, 0.1) is 5.92 Å². The number of piperidine rings is 3. The Kier molecular flexibility index (Phi) is 4.13. The summed E-state index contributed by atoms with van der Waals surface area (Å²) in [6.45, 7) is 4.69. The summed E-state index contributed by atoms with van der Waals surface area (Å²) < 4.78 is 10.6. The molecule has 0 saturated carbocycles. The van der Waals surface area contributed by atoms with Crippen molar-refractivity contribution in [2.24, 2.45) is 5.92 Å². The van der Waals surface area contributed by atoms with Gasteiger partial charge in [0.05, 0.1) is 14.2 Å². The number of benzene rings is 1. The Bertz CT molecular complexity index is 456. The third kappa shape index (κ3) is 2.76. The van der Waals surface area contributed by atoms with E-state index in [1.54, 1.807) is 14.2 Å². The zero-order valence-corrected chi connectivity index (χ0v) is 12.4. The van der Waals surface area contributed by atoms with E-state index in [0.29, 0.717) is 6.04 Å². The van der Waals surface area contributed by atoms with Crippen LogP contribution in [0.4, 0.5) is 0 Å². The Morgan fingerprint density at radius 3 is 2.50 bits per heavy atom. The molecule has 1 N–H and O–H groups in total. The number of fused-ring (bicyclic) bond motifs is 3. The molecule has 4 rings (SSSR count). The van der Waals surface area contributed by atoms with Gasteiger partial charge in [-0.25, -0.2) is 0 Å². The quantitative estimate of drug-likeness (QED) is 0.890. The van der Waals surface area contributed by atoms with Crippen LogP contribution < -0.4 is 14.8 Å². The maximum Gasteiger partial charge on any atom is 0.161 e. The van der Waals surface area contributed by atoms with E-state index in [4.69, 9.17) is 9.47 Å². The van der Waals surface area contributed by atoms with Gasteiger partial charge in [0.1, 0.15) is 0 Å². The number of rotatable bonds is 5. The second-order valence-electron chi connectivity index (χ2n) is 5.81. The van der Waals surface area contributed by atoms with Gasteiger partial charge in [0, 0.05) is 19.1 Å². The lowest BCUT2D eigenvalue weighted by atomic mass is 9.84. The summed E-state index contributed by atoms with van der Waals surface area (Å²) >= 11 is 0. The summed E-state index contributed by atoms with van der Waals surface area (Å²) in [5.74, 6) is 2.46. The monoisotopic (exact) mass is 276 g/mol. The van der Waals surface area contributed by atoms with Crippen LogP contribution in [0.25, 0.3) is 0 Å². The minimum atomic E-state index is 0.644. The molecule has 0 aliphatic carbocycles. The summed E-state index contributed by atoms with van der Waals surface area (Å²) in [5, 5.41) is 3.72. The molecular formula is C16H24N2O2. The first-order chi connectivity index (χ1) is 9.80. The van der Waals surface area contributed by atoms with E-state index in [0.717, 1.165) is 24.0 Å². The number of nitrogens with zero attached hydrogens (tertiary/aromatic N) is 1. The normalized spacial score (nSPS) is 28.4. The highest BCUT2D eigenvalue weighted by Gasteiger charge is 2.33. The second-order valence-corrected chi connectivity index (χ2v) is 5.81. The maximum absolute atomic E-state index is 5.36. The largest absolute Gasteiger partial charge is 0.493 e. The molecule has 4 heteroatoms. The molecule has 110 valence electrons. The zero-order chi connectivity index (χ0) is 13.9. The molecule has 1 aromatic rings. The summed E-state index contributed by atoms with van der Waals surface area (Å²) in [6, 6.07) is 6.79. The van der Waals surface area contributed by atoms with Crippen molar-refractivity contribution in [3.8, 4) is 11.5 Å². The first-order valence-corrected chi connectivity index (χ1v) is 7.47. The Morgan fingerprint density at radius 2 is 1.90 bits per heavy atom. The number of hydrogen-bond donors (Lipinski definition) is 1. The first kappa shape index (κ1) is 13.7. The molecule has 3 fully saturated rings. The molecule has 0 amide bonds. The molecule has 0 radical (unpaired) electrons. The van der Waals surface area contributed by atoms with Crippen LogP contribution in [0.1, 0.15) is 18.4 Å². The van der Waals surface area contributed by atoms with Crippen molar-refractivity contribution in [2.75, 3.05) is 33.9 Å². The van der Waals surface area contributed by atoms with Crippen molar-refractivity contribution >= 4 is 0 Å². The second kappa shape index (κ2) is 6.02. The summed E-state index contributed by atoms with van der Waals surface area (Å²) in [5.41, 5.74) is 1.25. The van der Waals surface area contributed by atoms with Crippen LogP contribution in [0.3, 0.4) is 0 Å². The van der Waals surface area contributed by atoms with E-state index in [1.807, 2.05) is 6.07 Å². The number of hydrogen-bond acceptors (Lipinski definition) is 4. The van der Waals surface area contributed by atoms with E-state index in [-0.39, 0.29) is 0 Å². The maximum atomic E-state index is 5.36. The van der Waals surface area contributed by atoms with E-state index < -0.39 is 0 Å². The van der Waals surface area contributed by atoms with Crippen LogP contribution >= 0.6 is 0 Å². The summed E-state index contributed by atoms with van der Waals surface area (Å²) in [7, 11) is 3.35. The molecule has 3 saturated heterocycles. The van der Waals surface area contributed by atoms with Gasteiger partial charge < -0.3 is 19.7 Å². The molecule has 4 nitrogen and oxygen atoms in total. The topological polar surface area (TPSA) is 33.7 Å². The highest BCUT2D eigenvalue weighted by atomic mass is 16.5. The van der Waals surface area contributed by atoms with Crippen LogP contribution in [0.2, 0.25) is 0 Å². The predicted octanol–water partition coefficient (Wildman–Crippen LogP) is 1.89. The third-order valence-corrected chi connectivity index (χ3v) is 4.67. The van der Waals surface area contributed by atoms with Gasteiger partial charge in [-0.15, -0.1) is 0 Å². The van der Waals surface area contributed by atoms with Gasteiger partial charge in [0.2, 0.25) is 0 Å². The SMILES string of the molecule is COc1ccc(CNC2CN3CCC2CC3)cc1OC. The molecule has 3 aliphatic rings. The molecule has 2 bridgehead atoms. The molecule has 3 heterocycles. The molecule has 0 aromatic heterocycles. The van der Waals surface area contributed by atoms with Gasteiger partial charge in [0.25, 0.3) is 0 Å². The standard InChI is InChI=1S/C16H24N2O2/c1-19-15-4-3-12(9-16(15)20-2)10-17-14-11-18-7-5-13(14)6-8-18/h3-4,9,13-14,17H,5-8,10-11H2,1-2H3. The van der Waals surface area contributed by atoms with E-state index in [9.17, 15) is 0 Å². The average molecular weight is 276 g/mol. The summed E-state index contributed by atoms with van der Waals surface area (Å²) in [4.78, 5) is 2.58. The van der Waals surface area contributed by atoms with Crippen molar-refractivity contribution < 1.29 is 9.47 Å². The van der Waals surface area contributed by atoms with Crippen molar-refractivity contribution in [2.45, 2.75) is 25.4 Å². The molecule has 0 spiro atoms. The Morgan fingerprint density at radius 1 is 1.15 bits per heavy atom. The number of nitrogens with one attached hydrogen (secondary N) is 1. The van der Waals surface area contributed by atoms with Gasteiger partial charge in [-0.05, 0) is 49.5 Å². The van der Waals surface area contributed by atoms with Crippen LogP contribution in [-0.2, 0) is 6.54 Å². The molecule has 1 atom stereocenters. The van der Waals surface area contributed by atoms with Crippen molar-refractivity contribution in [3.63, 3.8) is 0 Å². The van der Waals surface area contributed by atoms with Crippen LogP contribution in [-0.4, -0.2) is 44.8 Å². The van der Waals surface area contributed by atoms with E-state index in [2.05, 4.69) is 22.3 Å². The first-order valence-electron chi connectivity index (χ1n) is 7.47.